The van der Waals surface area contributed by atoms with E-state index in [1.807, 2.05) is 0 Å². The average molecular weight is 517 g/mol. The van der Waals surface area contributed by atoms with Crippen molar-refractivity contribution in [3.8, 4) is 11.1 Å². The minimum absolute atomic E-state index is 0.114. The van der Waals surface area contributed by atoms with Crippen LogP contribution in [0.5, 0.6) is 0 Å². The van der Waals surface area contributed by atoms with Crippen molar-refractivity contribution in [1.29, 1.82) is 0 Å². The van der Waals surface area contributed by atoms with E-state index in [1.165, 1.54) is 38.9 Å². The molecule has 204 valence electrons. The summed E-state index contributed by atoms with van der Waals surface area (Å²) in [5, 5.41) is 0. The summed E-state index contributed by atoms with van der Waals surface area (Å²) in [6, 6.07) is 26.1. The van der Waals surface area contributed by atoms with E-state index >= 15 is 0 Å². The van der Waals surface area contributed by atoms with Crippen LogP contribution < -0.4 is 0 Å². The molecule has 0 fully saturated rings. The zero-order valence-corrected chi connectivity index (χ0v) is 26.0. The molecule has 0 saturated carbocycles. The maximum atomic E-state index is 2.54. The summed E-state index contributed by atoms with van der Waals surface area (Å²) in [6.45, 7) is 23.4. The van der Waals surface area contributed by atoms with Crippen LogP contribution in [0.3, 0.4) is 0 Å². The van der Waals surface area contributed by atoms with E-state index in [4.69, 9.17) is 0 Å². The van der Waals surface area contributed by atoms with Gasteiger partial charge in [0.05, 0.1) is 0 Å². The van der Waals surface area contributed by atoms with Crippen molar-refractivity contribution in [1.82, 2.24) is 0 Å². The van der Waals surface area contributed by atoms with Crippen molar-refractivity contribution in [2.45, 2.75) is 105 Å². The molecular formula is C39H48. The third kappa shape index (κ3) is 5.08. The number of rotatable bonds is 4. The predicted molar refractivity (Wildman–Crippen MR) is 170 cm³/mol. The minimum Gasteiger partial charge on any atom is -0.0622 e. The van der Waals surface area contributed by atoms with Crippen LogP contribution >= 0.6 is 0 Å². The lowest BCUT2D eigenvalue weighted by molar-refractivity contribution is 0.490. The Hall–Kier alpha value is -2.86. The first-order chi connectivity index (χ1) is 18.2. The molecule has 0 heteroatoms. The molecule has 0 nitrogen and oxygen atoms in total. The monoisotopic (exact) mass is 516 g/mol. The van der Waals surface area contributed by atoms with Crippen molar-refractivity contribution in [3.63, 3.8) is 0 Å². The fourth-order valence-electron chi connectivity index (χ4n) is 6.63. The van der Waals surface area contributed by atoms with Gasteiger partial charge in [-0.05, 0) is 73.6 Å². The Labute approximate surface area is 238 Å². The van der Waals surface area contributed by atoms with E-state index in [0.29, 0.717) is 11.8 Å². The Balaban J connectivity index is 1.77. The van der Waals surface area contributed by atoms with Gasteiger partial charge >= 0.3 is 0 Å². The van der Waals surface area contributed by atoms with Gasteiger partial charge in [-0.2, -0.15) is 0 Å². The zero-order valence-electron chi connectivity index (χ0n) is 26.0. The van der Waals surface area contributed by atoms with Crippen molar-refractivity contribution < 1.29 is 0 Å². The Morgan fingerprint density at radius 2 is 1.18 bits per heavy atom. The Kier molecular flexibility index (Phi) is 6.85. The summed E-state index contributed by atoms with van der Waals surface area (Å²) < 4.78 is 0. The van der Waals surface area contributed by atoms with E-state index in [1.54, 1.807) is 16.7 Å². The number of fused-ring (bicyclic) bond motifs is 3. The molecule has 2 aliphatic carbocycles. The van der Waals surface area contributed by atoms with Crippen LogP contribution in [0.15, 0.2) is 89.5 Å². The van der Waals surface area contributed by atoms with Gasteiger partial charge in [-0.3, -0.25) is 0 Å². The lowest BCUT2D eigenvalue weighted by atomic mass is 9.72. The van der Waals surface area contributed by atoms with Gasteiger partial charge in [-0.25, -0.2) is 0 Å². The van der Waals surface area contributed by atoms with Crippen molar-refractivity contribution >= 4 is 0 Å². The standard InChI is InChI=1S/C39H48/c1-11-25-21-29(39(8,9)10)24-32(25)35(26-15-13-12-14-16-26)36-30-19-17-27(37(2,3)4)22-33(30)34-23-28(38(5,6)7)18-20-31(34)36/h12-23,35-36H,11,24H2,1-10H3. The van der Waals surface area contributed by atoms with Gasteiger partial charge in [0.2, 0.25) is 0 Å². The van der Waals surface area contributed by atoms with Crippen LogP contribution in [0.4, 0.5) is 0 Å². The highest BCUT2D eigenvalue weighted by Gasteiger charge is 2.40. The zero-order chi connectivity index (χ0) is 28.3. The SMILES string of the molecule is CCC1=C(C(c2ccccc2)C2c3ccc(C(C)(C)C)cc3-c3cc(C(C)(C)C)ccc32)CC(C(C)(C)C)=C1. The molecule has 0 N–H and O–H groups in total. The number of allylic oxidation sites excluding steroid dienone is 4. The van der Waals surface area contributed by atoms with E-state index < -0.39 is 0 Å². The first-order valence-corrected chi connectivity index (χ1v) is 15.0. The van der Waals surface area contributed by atoms with Gasteiger partial charge in [0, 0.05) is 11.8 Å². The molecule has 5 rings (SSSR count). The molecule has 0 spiro atoms. The number of benzene rings is 3. The molecular weight excluding hydrogens is 468 g/mol. The Morgan fingerprint density at radius 1 is 0.667 bits per heavy atom. The van der Waals surface area contributed by atoms with Crippen molar-refractivity contribution in [3.05, 3.63) is 117 Å². The van der Waals surface area contributed by atoms with Gasteiger partial charge in [0.25, 0.3) is 0 Å². The molecule has 0 heterocycles. The minimum atomic E-state index is 0.114. The van der Waals surface area contributed by atoms with E-state index in [9.17, 15) is 0 Å². The van der Waals surface area contributed by atoms with Crippen LogP contribution in [0, 0.1) is 5.41 Å². The lowest BCUT2D eigenvalue weighted by Crippen LogP contribution is -2.16. The highest BCUT2D eigenvalue weighted by molar-refractivity contribution is 5.81. The third-order valence-corrected chi connectivity index (χ3v) is 9.15. The molecule has 0 amide bonds. The van der Waals surface area contributed by atoms with Crippen molar-refractivity contribution in [2.75, 3.05) is 0 Å². The molecule has 0 bridgehead atoms. The highest BCUT2D eigenvalue weighted by atomic mass is 14.4. The summed E-state index contributed by atoms with van der Waals surface area (Å²) in [7, 11) is 0. The van der Waals surface area contributed by atoms with Gasteiger partial charge in [0.15, 0.2) is 0 Å². The largest absolute Gasteiger partial charge is 0.0622 e. The average Bonchev–Trinajstić information content (AvgIpc) is 3.43. The maximum absolute atomic E-state index is 2.54. The quantitative estimate of drug-likeness (QED) is 0.323. The second-order valence-corrected chi connectivity index (χ2v) is 15.0. The van der Waals surface area contributed by atoms with E-state index in [2.05, 4.69) is 142 Å². The molecule has 0 radical (unpaired) electrons. The predicted octanol–water partition coefficient (Wildman–Crippen LogP) is 11.3. The summed E-state index contributed by atoms with van der Waals surface area (Å²) >= 11 is 0. The van der Waals surface area contributed by atoms with Crippen LogP contribution in [-0.2, 0) is 10.8 Å². The van der Waals surface area contributed by atoms with Crippen molar-refractivity contribution in [2.24, 2.45) is 5.41 Å². The summed E-state index contributed by atoms with van der Waals surface area (Å²) in [5.41, 5.74) is 15.3. The molecule has 0 saturated heterocycles. The molecule has 0 aliphatic heterocycles. The van der Waals surface area contributed by atoms with Gasteiger partial charge < -0.3 is 0 Å². The molecule has 3 aromatic carbocycles. The van der Waals surface area contributed by atoms with Crippen LogP contribution in [0.25, 0.3) is 11.1 Å². The summed E-state index contributed by atoms with van der Waals surface area (Å²) in [4.78, 5) is 0. The topological polar surface area (TPSA) is 0 Å². The number of hydrogen-bond donors (Lipinski definition) is 0. The second kappa shape index (κ2) is 9.65. The first kappa shape index (κ1) is 27.7. The summed E-state index contributed by atoms with van der Waals surface area (Å²) in [6.07, 6.45) is 4.69. The Bertz CT molecular complexity index is 1380. The molecule has 0 aromatic heterocycles. The van der Waals surface area contributed by atoms with E-state index in [0.717, 1.165) is 12.8 Å². The molecule has 1 unspecified atom stereocenters. The molecule has 2 aliphatic rings. The molecule has 1 atom stereocenters. The summed E-state index contributed by atoms with van der Waals surface area (Å²) in [5.74, 6) is 0.628. The highest BCUT2D eigenvalue weighted by Crippen LogP contribution is 2.57. The molecule has 3 aromatic rings. The van der Waals surface area contributed by atoms with Gasteiger partial charge in [-0.1, -0.05) is 153 Å². The smallest absolute Gasteiger partial charge is 0.0208 e. The maximum Gasteiger partial charge on any atom is 0.0208 e. The molecule has 39 heavy (non-hydrogen) atoms. The second-order valence-electron chi connectivity index (χ2n) is 15.0. The first-order valence-electron chi connectivity index (χ1n) is 15.0. The van der Waals surface area contributed by atoms with Crippen LogP contribution in [0.2, 0.25) is 0 Å². The van der Waals surface area contributed by atoms with E-state index in [-0.39, 0.29) is 16.2 Å². The number of hydrogen-bond acceptors (Lipinski definition) is 0. The van der Waals surface area contributed by atoms with Gasteiger partial charge in [0.1, 0.15) is 0 Å². The normalized spacial score (nSPS) is 16.8. The lowest BCUT2D eigenvalue weighted by Gasteiger charge is -2.31. The Morgan fingerprint density at radius 3 is 1.62 bits per heavy atom. The third-order valence-electron chi connectivity index (χ3n) is 9.15. The van der Waals surface area contributed by atoms with Gasteiger partial charge in [-0.15, -0.1) is 0 Å². The van der Waals surface area contributed by atoms with Crippen LogP contribution in [0.1, 0.15) is 122 Å². The van der Waals surface area contributed by atoms with Crippen LogP contribution in [-0.4, -0.2) is 0 Å². The fraction of sp³-hybridized carbons (Fsp3) is 0.436. The fourth-order valence-corrected chi connectivity index (χ4v) is 6.63.